The molecule has 2 aromatic rings. The molecule has 0 bridgehead atoms. The van der Waals surface area contributed by atoms with Gasteiger partial charge in [0.1, 0.15) is 17.2 Å². The molecule has 5 nitrogen and oxygen atoms in total. The molecule has 1 amide bonds. The summed E-state index contributed by atoms with van der Waals surface area (Å²) in [7, 11) is 1.58. The van der Waals surface area contributed by atoms with Gasteiger partial charge in [-0.05, 0) is 63.6 Å². The van der Waals surface area contributed by atoms with Crippen LogP contribution in [0.4, 0.5) is 5.69 Å². The van der Waals surface area contributed by atoms with Gasteiger partial charge in [-0.25, -0.2) is 0 Å². The molecule has 134 valence electrons. The number of anilines is 1. The first-order valence-corrected chi connectivity index (χ1v) is 8.34. The van der Waals surface area contributed by atoms with Crippen molar-refractivity contribution in [3.63, 3.8) is 0 Å². The standard InChI is InChI=1S/C20H25NO4/c1-6-24-18-9-7-15(11-14(18)4)20(22)21-17-12-16(23-5)8-10-19(17)25-13(2)3/h7-13H,6H2,1-5H3,(H,21,22). The van der Waals surface area contributed by atoms with Crippen molar-refractivity contribution in [3.05, 3.63) is 47.5 Å². The molecule has 0 aromatic heterocycles. The van der Waals surface area contributed by atoms with Crippen LogP contribution >= 0.6 is 0 Å². The van der Waals surface area contributed by atoms with Crippen molar-refractivity contribution in [3.8, 4) is 17.2 Å². The molecule has 5 heteroatoms. The van der Waals surface area contributed by atoms with E-state index in [4.69, 9.17) is 14.2 Å². The SMILES string of the molecule is CCOc1ccc(C(=O)Nc2cc(OC)ccc2OC(C)C)cc1C. The van der Waals surface area contributed by atoms with Crippen LogP contribution in [0.5, 0.6) is 17.2 Å². The predicted molar refractivity (Wildman–Crippen MR) is 99.1 cm³/mol. The minimum Gasteiger partial charge on any atom is -0.497 e. The van der Waals surface area contributed by atoms with Crippen molar-refractivity contribution in [2.45, 2.75) is 33.8 Å². The zero-order valence-electron chi connectivity index (χ0n) is 15.4. The average Bonchev–Trinajstić information content (AvgIpc) is 2.57. The Kier molecular flexibility index (Phi) is 6.28. The van der Waals surface area contributed by atoms with Gasteiger partial charge < -0.3 is 19.5 Å². The summed E-state index contributed by atoms with van der Waals surface area (Å²) < 4.78 is 16.5. The first-order valence-electron chi connectivity index (χ1n) is 8.34. The van der Waals surface area contributed by atoms with Crippen LogP contribution < -0.4 is 19.5 Å². The van der Waals surface area contributed by atoms with E-state index in [0.717, 1.165) is 11.3 Å². The predicted octanol–water partition coefficient (Wildman–Crippen LogP) is 4.44. The number of hydrogen-bond acceptors (Lipinski definition) is 4. The fraction of sp³-hybridized carbons (Fsp3) is 0.350. The zero-order valence-corrected chi connectivity index (χ0v) is 15.4. The number of ether oxygens (including phenoxy) is 3. The van der Waals surface area contributed by atoms with Gasteiger partial charge in [-0.1, -0.05) is 0 Å². The Morgan fingerprint density at radius 3 is 2.44 bits per heavy atom. The molecule has 0 atom stereocenters. The van der Waals surface area contributed by atoms with E-state index >= 15 is 0 Å². The summed E-state index contributed by atoms with van der Waals surface area (Å²) in [6.45, 7) is 8.31. The van der Waals surface area contributed by atoms with Crippen molar-refractivity contribution in [2.24, 2.45) is 0 Å². The van der Waals surface area contributed by atoms with Crippen LogP contribution in [-0.4, -0.2) is 25.7 Å². The van der Waals surface area contributed by atoms with Crippen molar-refractivity contribution < 1.29 is 19.0 Å². The molecule has 25 heavy (non-hydrogen) atoms. The Morgan fingerprint density at radius 1 is 1.12 bits per heavy atom. The second-order valence-corrected chi connectivity index (χ2v) is 5.90. The first kappa shape index (κ1) is 18.6. The van der Waals surface area contributed by atoms with Gasteiger partial charge in [-0.3, -0.25) is 4.79 Å². The summed E-state index contributed by atoms with van der Waals surface area (Å²) in [5.41, 5.74) is 2.04. The number of aryl methyl sites for hydroxylation is 1. The van der Waals surface area contributed by atoms with Gasteiger partial charge in [0.2, 0.25) is 0 Å². The van der Waals surface area contributed by atoms with Crippen molar-refractivity contribution in [2.75, 3.05) is 19.0 Å². The van der Waals surface area contributed by atoms with Gasteiger partial charge in [0.25, 0.3) is 5.91 Å². The first-order chi connectivity index (χ1) is 11.9. The topological polar surface area (TPSA) is 56.8 Å². The maximum absolute atomic E-state index is 12.6. The van der Waals surface area contributed by atoms with Crippen LogP contribution in [0, 0.1) is 6.92 Å². The molecule has 0 fully saturated rings. The van der Waals surface area contributed by atoms with Gasteiger partial charge in [-0.2, -0.15) is 0 Å². The van der Waals surface area contributed by atoms with E-state index in [-0.39, 0.29) is 12.0 Å². The summed E-state index contributed by atoms with van der Waals surface area (Å²) in [4.78, 5) is 12.6. The lowest BCUT2D eigenvalue weighted by molar-refractivity contribution is 0.102. The Balaban J connectivity index is 2.25. The highest BCUT2D eigenvalue weighted by Gasteiger charge is 2.13. The number of rotatable bonds is 7. The molecule has 0 spiro atoms. The number of carbonyl (C=O) groups excluding carboxylic acids is 1. The Bertz CT molecular complexity index is 740. The zero-order chi connectivity index (χ0) is 18.4. The average molecular weight is 343 g/mol. The molecule has 0 aliphatic carbocycles. The fourth-order valence-electron chi connectivity index (χ4n) is 2.39. The minimum atomic E-state index is -0.215. The number of methoxy groups -OCH3 is 1. The number of hydrogen-bond donors (Lipinski definition) is 1. The molecule has 0 heterocycles. The van der Waals surface area contributed by atoms with Gasteiger partial charge in [0, 0.05) is 11.6 Å². The minimum absolute atomic E-state index is 0.00299. The second kappa shape index (κ2) is 8.42. The Morgan fingerprint density at radius 2 is 1.84 bits per heavy atom. The van der Waals surface area contributed by atoms with E-state index in [1.807, 2.05) is 39.8 Å². The molecule has 0 saturated carbocycles. The monoisotopic (exact) mass is 343 g/mol. The Hall–Kier alpha value is -2.69. The third-order valence-corrected chi connectivity index (χ3v) is 3.53. The van der Waals surface area contributed by atoms with Crippen LogP contribution in [-0.2, 0) is 0 Å². The molecule has 2 rings (SSSR count). The summed E-state index contributed by atoms with van der Waals surface area (Å²) >= 11 is 0. The lowest BCUT2D eigenvalue weighted by Crippen LogP contribution is -2.15. The number of amides is 1. The molecule has 0 saturated heterocycles. The quantitative estimate of drug-likeness (QED) is 0.807. The second-order valence-electron chi connectivity index (χ2n) is 5.90. The summed E-state index contributed by atoms with van der Waals surface area (Å²) in [5, 5.41) is 2.90. The lowest BCUT2D eigenvalue weighted by atomic mass is 10.1. The van der Waals surface area contributed by atoms with Crippen LogP contribution in [0.2, 0.25) is 0 Å². The lowest BCUT2D eigenvalue weighted by Gasteiger charge is -2.16. The van der Waals surface area contributed by atoms with Crippen LogP contribution in [0.1, 0.15) is 36.7 Å². The van der Waals surface area contributed by atoms with Gasteiger partial charge in [0.15, 0.2) is 0 Å². The fourth-order valence-corrected chi connectivity index (χ4v) is 2.39. The van der Waals surface area contributed by atoms with Gasteiger partial charge >= 0.3 is 0 Å². The third kappa shape index (κ3) is 4.89. The molecule has 2 aromatic carbocycles. The highest BCUT2D eigenvalue weighted by atomic mass is 16.5. The molecule has 0 unspecified atom stereocenters. The molecular weight excluding hydrogens is 318 g/mol. The van der Waals surface area contributed by atoms with Crippen molar-refractivity contribution in [1.82, 2.24) is 0 Å². The smallest absolute Gasteiger partial charge is 0.255 e. The highest BCUT2D eigenvalue weighted by molar-refractivity contribution is 6.05. The summed E-state index contributed by atoms with van der Waals surface area (Å²) in [5.74, 6) is 1.82. The number of carbonyl (C=O) groups is 1. The maximum atomic E-state index is 12.6. The largest absolute Gasteiger partial charge is 0.497 e. The molecule has 0 aliphatic rings. The number of nitrogens with one attached hydrogen (secondary N) is 1. The summed E-state index contributed by atoms with van der Waals surface area (Å²) in [6, 6.07) is 10.7. The Labute approximate surface area is 148 Å². The number of benzene rings is 2. The van der Waals surface area contributed by atoms with E-state index < -0.39 is 0 Å². The highest BCUT2D eigenvalue weighted by Crippen LogP contribution is 2.30. The normalized spacial score (nSPS) is 10.5. The molecule has 0 radical (unpaired) electrons. The van der Waals surface area contributed by atoms with E-state index in [1.54, 1.807) is 31.4 Å². The molecule has 0 aliphatic heterocycles. The van der Waals surface area contributed by atoms with Gasteiger partial charge in [-0.15, -0.1) is 0 Å². The van der Waals surface area contributed by atoms with E-state index in [0.29, 0.717) is 29.4 Å². The van der Waals surface area contributed by atoms with Crippen LogP contribution in [0.3, 0.4) is 0 Å². The molecule has 1 N–H and O–H groups in total. The van der Waals surface area contributed by atoms with E-state index in [2.05, 4.69) is 5.32 Å². The van der Waals surface area contributed by atoms with Gasteiger partial charge in [0.05, 0.1) is 25.5 Å². The molecular formula is C20H25NO4. The third-order valence-electron chi connectivity index (χ3n) is 3.53. The summed E-state index contributed by atoms with van der Waals surface area (Å²) in [6.07, 6.45) is -0.00299. The van der Waals surface area contributed by atoms with E-state index in [9.17, 15) is 4.79 Å². The van der Waals surface area contributed by atoms with Crippen LogP contribution in [0.15, 0.2) is 36.4 Å². The van der Waals surface area contributed by atoms with Crippen molar-refractivity contribution in [1.29, 1.82) is 0 Å². The van der Waals surface area contributed by atoms with Crippen LogP contribution in [0.25, 0.3) is 0 Å². The van der Waals surface area contributed by atoms with E-state index in [1.165, 1.54) is 0 Å². The van der Waals surface area contributed by atoms with Crippen molar-refractivity contribution >= 4 is 11.6 Å². The maximum Gasteiger partial charge on any atom is 0.255 e.